The number of likely N-dealkylation sites (N-methyl/N-ethyl adjacent to an activating group) is 1. The summed E-state index contributed by atoms with van der Waals surface area (Å²) in [5.74, 6) is 0.874. The lowest BCUT2D eigenvalue weighted by Crippen LogP contribution is -2.43. The zero-order chi connectivity index (χ0) is 24.0. The third-order valence-corrected chi connectivity index (χ3v) is 7.34. The van der Waals surface area contributed by atoms with Gasteiger partial charge in [0.05, 0.1) is 19.1 Å². The standard InChI is InChI=1S/C27H32N6OS/c1-30-11-13-31(14-12-30)19-24-20-35-27(29-24)33(18-23-6-4-8-26(16-23)34-2)17-22-5-3-7-25(15-22)32-10-9-28-21-32/h3-10,15-16,20-21H,11-14,17-19H2,1-2H3. The molecule has 7 nitrogen and oxygen atoms in total. The van der Waals surface area contributed by atoms with Crippen LogP contribution in [-0.4, -0.2) is 64.7 Å². The van der Waals surface area contributed by atoms with Crippen LogP contribution in [0.25, 0.3) is 5.69 Å². The number of thiazole rings is 1. The van der Waals surface area contributed by atoms with Gasteiger partial charge in [-0.25, -0.2) is 9.97 Å². The smallest absolute Gasteiger partial charge is 0.186 e. The summed E-state index contributed by atoms with van der Waals surface area (Å²) >= 11 is 1.73. The molecule has 0 atom stereocenters. The van der Waals surface area contributed by atoms with Gasteiger partial charge in [-0.3, -0.25) is 4.90 Å². The Balaban J connectivity index is 1.37. The molecule has 0 aliphatic carbocycles. The van der Waals surface area contributed by atoms with Crippen molar-refractivity contribution in [3.63, 3.8) is 0 Å². The van der Waals surface area contributed by atoms with Gasteiger partial charge in [0.2, 0.25) is 0 Å². The van der Waals surface area contributed by atoms with Crippen molar-refractivity contribution in [2.75, 3.05) is 45.2 Å². The maximum absolute atomic E-state index is 5.46. The van der Waals surface area contributed by atoms with Gasteiger partial charge in [-0.15, -0.1) is 11.3 Å². The van der Waals surface area contributed by atoms with Crippen molar-refractivity contribution in [2.24, 2.45) is 0 Å². The second-order valence-electron chi connectivity index (χ2n) is 9.05. The molecule has 0 unspecified atom stereocenters. The van der Waals surface area contributed by atoms with Crippen LogP contribution >= 0.6 is 11.3 Å². The zero-order valence-corrected chi connectivity index (χ0v) is 21.2. The quantitative estimate of drug-likeness (QED) is 0.350. The Kier molecular flexibility index (Phi) is 7.42. The highest BCUT2D eigenvalue weighted by Crippen LogP contribution is 2.27. The monoisotopic (exact) mass is 488 g/mol. The molecule has 182 valence electrons. The molecule has 1 fully saturated rings. The first-order valence-electron chi connectivity index (χ1n) is 12.0. The van der Waals surface area contributed by atoms with Gasteiger partial charge in [0.1, 0.15) is 5.75 Å². The fraction of sp³-hybridized carbons (Fsp3) is 0.333. The summed E-state index contributed by atoms with van der Waals surface area (Å²) in [6, 6.07) is 16.9. The maximum atomic E-state index is 5.46. The molecule has 5 rings (SSSR count). The molecule has 1 aliphatic heterocycles. The van der Waals surface area contributed by atoms with Gasteiger partial charge in [0.25, 0.3) is 0 Å². The average Bonchev–Trinajstić information content (AvgIpc) is 3.58. The van der Waals surface area contributed by atoms with Crippen LogP contribution in [0.4, 0.5) is 5.13 Å². The van der Waals surface area contributed by atoms with Crippen LogP contribution < -0.4 is 9.64 Å². The van der Waals surface area contributed by atoms with Gasteiger partial charge in [-0.2, -0.15) is 0 Å². The van der Waals surface area contributed by atoms with E-state index in [0.717, 1.165) is 68.1 Å². The largest absolute Gasteiger partial charge is 0.497 e. The predicted octanol–water partition coefficient (Wildman–Crippen LogP) is 4.29. The Morgan fingerprint density at radius 2 is 1.77 bits per heavy atom. The van der Waals surface area contributed by atoms with Crippen LogP contribution in [0.15, 0.2) is 72.6 Å². The van der Waals surface area contributed by atoms with Crippen molar-refractivity contribution in [1.29, 1.82) is 0 Å². The van der Waals surface area contributed by atoms with Gasteiger partial charge in [-0.05, 0) is 42.4 Å². The van der Waals surface area contributed by atoms with Crippen molar-refractivity contribution in [1.82, 2.24) is 24.3 Å². The third kappa shape index (κ3) is 6.08. The number of nitrogens with zero attached hydrogens (tertiary/aromatic N) is 6. The third-order valence-electron chi connectivity index (χ3n) is 6.39. The number of benzene rings is 2. The number of imidazole rings is 1. The Hall–Kier alpha value is -3.20. The zero-order valence-electron chi connectivity index (χ0n) is 20.4. The average molecular weight is 489 g/mol. The molecule has 0 radical (unpaired) electrons. The highest BCUT2D eigenvalue weighted by Gasteiger charge is 2.18. The molecule has 0 bridgehead atoms. The number of rotatable bonds is 9. The molecule has 35 heavy (non-hydrogen) atoms. The fourth-order valence-electron chi connectivity index (χ4n) is 4.38. The highest BCUT2D eigenvalue weighted by molar-refractivity contribution is 7.13. The molecule has 1 aliphatic rings. The molecule has 0 spiro atoms. The molecule has 0 amide bonds. The van der Waals surface area contributed by atoms with Gasteiger partial charge >= 0.3 is 0 Å². The molecule has 2 aromatic heterocycles. The van der Waals surface area contributed by atoms with E-state index in [0.29, 0.717) is 0 Å². The van der Waals surface area contributed by atoms with Crippen LogP contribution in [0.3, 0.4) is 0 Å². The number of ether oxygens (including phenoxy) is 1. The molecular formula is C27H32N6OS. The number of hydrogen-bond donors (Lipinski definition) is 0. The van der Waals surface area contributed by atoms with E-state index in [9.17, 15) is 0 Å². The summed E-state index contributed by atoms with van der Waals surface area (Å²) in [7, 11) is 3.90. The first-order valence-corrected chi connectivity index (χ1v) is 12.8. The molecule has 3 heterocycles. The van der Waals surface area contributed by atoms with Gasteiger partial charge in [0, 0.05) is 69.3 Å². The lowest BCUT2D eigenvalue weighted by molar-refractivity contribution is 0.147. The van der Waals surface area contributed by atoms with E-state index in [1.54, 1.807) is 24.6 Å². The van der Waals surface area contributed by atoms with E-state index in [4.69, 9.17) is 9.72 Å². The van der Waals surface area contributed by atoms with Crippen molar-refractivity contribution in [3.8, 4) is 11.4 Å². The minimum Gasteiger partial charge on any atom is -0.497 e. The van der Waals surface area contributed by atoms with Crippen molar-refractivity contribution < 1.29 is 4.74 Å². The number of hydrogen-bond acceptors (Lipinski definition) is 7. The summed E-state index contributed by atoms with van der Waals surface area (Å²) in [5.41, 5.74) is 4.69. The summed E-state index contributed by atoms with van der Waals surface area (Å²) < 4.78 is 7.50. The second kappa shape index (κ2) is 11.0. The van der Waals surface area contributed by atoms with E-state index in [2.05, 4.69) is 68.5 Å². The summed E-state index contributed by atoms with van der Waals surface area (Å²) in [6.07, 6.45) is 5.61. The maximum Gasteiger partial charge on any atom is 0.186 e. The minimum absolute atomic E-state index is 0.758. The predicted molar refractivity (Wildman–Crippen MR) is 141 cm³/mol. The van der Waals surface area contributed by atoms with E-state index in [1.807, 2.05) is 29.2 Å². The molecule has 2 aromatic carbocycles. The summed E-state index contributed by atoms with van der Waals surface area (Å²) in [4.78, 5) is 16.5. The van der Waals surface area contributed by atoms with Gasteiger partial charge in [-0.1, -0.05) is 24.3 Å². The van der Waals surface area contributed by atoms with Crippen molar-refractivity contribution in [2.45, 2.75) is 19.6 Å². The SMILES string of the molecule is COc1cccc(CN(Cc2cccc(-n3ccnc3)c2)c2nc(CN3CCN(C)CC3)cs2)c1. The molecular weight excluding hydrogens is 456 g/mol. The second-order valence-corrected chi connectivity index (χ2v) is 9.88. The van der Waals surface area contributed by atoms with E-state index in [1.165, 1.54) is 11.1 Å². The van der Waals surface area contributed by atoms with E-state index in [-0.39, 0.29) is 0 Å². The number of methoxy groups -OCH3 is 1. The summed E-state index contributed by atoms with van der Waals surface area (Å²) in [5, 5.41) is 3.26. The van der Waals surface area contributed by atoms with Crippen molar-refractivity contribution in [3.05, 3.63) is 89.5 Å². The summed E-state index contributed by atoms with van der Waals surface area (Å²) in [6.45, 7) is 6.86. The normalized spacial score (nSPS) is 14.8. The number of aromatic nitrogens is 3. The van der Waals surface area contributed by atoms with E-state index >= 15 is 0 Å². The fourth-order valence-corrected chi connectivity index (χ4v) is 5.20. The highest BCUT2D eigenvalue weighted by atomic mass is 32.1. The number of anilines is 1. The van der Waals surface area contributed by atoms with Gasteiger partial charge < -0.3 is 19.1 Å². The molecule has 0 saturated carbocycles. The Bertz CT molecular complexity index is 1220. The molecule has 0 N–H and O–H groups in total. The van der Waals surface area contributed by atoms with E-state index < -0.39 is 0 Å². The minimum atomic E-state index is 0.758. The Labute approximate surface area is 211 Å². The van der Waals surface area contributed by atoms with Crippen LogP contribution in [0, 0.1) is 0 Å². The van der Waals surface area contributed by atoms with Crippen LogP contribution in [0.2, 0.25) is 0 Å². The van der Waals surface area contributed by atoms with Crippen LogP contribution in [0.1, 0.15) is 16.8 Å². The lowest BCUT2D eigenvalue weighted by atomic mass is 10.1. The topological polar surface area (TPSA) is 49.7 Å². The molecule has 4 aromatic rings. The lowest BCUT2D eigenvalue weighted by Gasteiger charge is -2.31. The van der Waals surface area contributed by atoms with Gasteiger partial charge in [0.15, 0.2) is 5.13 Å². The molecule has 8 heteroatoms. The first kappa shape index (κ1) is 23.5. The van der Waals surface area contributed by atoms with Crippen LogP contribution in [-0.2, 0) is 19.6 Å². The van der Waals surface area contributed by atoms with Crippen molar-refractivity contribution >= 4 is 16.5 Å². The van der Waals surface area contributed by atoms with Crippen LogP contribution in [0.5, 0.6) is 5.75 Å². The number of piperazine rings is 1. The molecule has 1 saturated heterocycles. The Morgan fingerprint density at radius 3 is 2.51 bits per heavy atom. The first-order chi connectivity index (χ1) is 17.2. The Morgan fingerprint density at radius 1 is 1.00 bits per heavy atom.